The molecule has 23 heavy (non-hydrogen) atoms. The zero-order valence-electron chi connectivity index (χ0n) is 13.4. The van der Waals surface area contributed by atoms with Crippen molar-refractivity contribution >= 4 is 22.4 Å². The molecule has 2 aromatic heterocycles. The van der Waals surface area contributed by atoms with Crippen molar-refractivity contribution in [1.29, 1.82) is 0 Å². The second kappa shape index (κ2) is 7.70. The van der Waals surface area contributed by atoms with E-state index in [1.54, 1.807) is 0 Å². The molecule has 0 saturated carbocycles. The Kier molecular flexibility index (Phi) is 5.40. The van der Waals surface area contributed by atoms with Crippen molar-refractivity contribution in [3.63, 3.8) is 0 Å². The lowest BCUT2D eigenvalue weighted by atomic mass is 10.1. The Morgan fingerprint density at radius 1 is 1.52 bits per heavy atom. The number of anilines is 1. The van der Waals surface area contributed by atoms with Crippen molar-refractivity contribution < 1.29 is 4.79 Å². The van der Waals surface area contributed by atoms with Crippen molar-refractivity contribution in [1.82, 2.24) is 20.1 Å². The number of carbonyl (C=O) groups excluding carboxylic acids is 1. The molecule has 1 saturated heterocycles. The van der Waals surface area contributed by atoms with Gasteiger partial charge in [0.05, 0.1) is 12.6 Å². The lowest BCUT2D eigenvalue weighted by Gasteiger charge is -2.22. The lowest BCUT2D eigenvalue weighted by Crippen LogP contribution is -2.33. The molecule has 3 rings (SSSR count). The van der Waals surface area contributed by atoms with Crippen molar-refractivity contribution in [3.8, 4) is 0 Å². The molecule has 0 radical (unpaired) electrons. The van der Waals surface area contributed by atoms with Gasteiger partial charge in [0, 0.05) is 18.3 Å². The van der Waals surface area contributed by atoms with Crippen LogP contribution in [0.25, 0.3) is 0 Å². The maximum atomic E-state index is 12.3. The number of hydrogen-bond acceptors (Lipinski definition) is 5. The van der Waals surface area contributed by atoms with Gasteiger partial charge in [0.25, 0.3) is 0 Å². The first-order valence-electron chi connectivity index (χ1n) is 8.26. The van der Waals surface area contributed by atoms with Gasteiger partial charge in [-0.05, 0) is 37.9 Å². The minimum Gasteiger partial charge on any atom is -0.364 e. The number of aryl methyl sites for hydroxylation is 1. The fourth-order valence-corrected chi connectivity index (χ4v) is 3.79. The zero-order chi connectivity index (χ0) is 16.1. The molecule has 2 aromatic rings. The van der Waals surface area contributed by atoms with Crippen LogP contribution in [-0.2, 0) is 11.2 Å². The largest absolute Gasteiger partial charge is 0.364 e. The maximum Gasteiger partial charge on any atom is 0.240 e. The zero-order valence-corrected chi connectivity index (χ0v) is 14.2. The Hall–Kier alpha value is -1.73. The number of likely N-dealkylation sites (tertiary alicyclic amines) is 1. The molecule has 6 nitrogen and oxygen atoms in total. The van der Waals surface area contributed by atoms with Crippen LogP contribution in [0, 0.1) is 0 Å². The predicted octanol–water partition coefficient (Wildman–Crippen LogP) is 2.98. The minimum atomic E-state index is -0.0124. The Balaban J connectivity index is 1.53. The summed E-state index contributed by atoms with van der Waals surface area (Å²) >= 11 is 1.48. The van der Waals surface area contributed by atoms with E-state index in [2.05, 4.69) is 38.4 Å². The number of nitrogens with zero attached hydrogens (tertiary/aromatic N) is 3. The summed E-state index contributed by atoms with van der Waals surface area (Å²) in [6.07, 6.45) is 7.32. The number of nitrogens with one attached hydrogen (secondary N) is 2. The summed E-state index contributed by atoms with van der Waals surface area (Å²) in [5.41, 5.74) is 1.19. The van der Waals surface area contributed by atoms with Crippen LogP contribution in [0.2, 0.25) is 0 Å². The second-order valence-corrected chi connectivity index (χ2v) is 6.97. The molecule has 0 unspecified atom stereocenters. The van der Waals surface area contributed by atoms with Crippen LogP contribution in [0.15, 0.2) is 18.3 Å². The summed E-state index contributed by atoms with van der Waals surface area (Å²) in [6, 6.07) is 4.40. The van der Waals surface area contributed by atoms with Crippen molar-refractivity contribution in [2.45, 2.75) is 45.1 Å². The summed E-state index contributed by atoms with van der Waals surface area (Å²) in [7, 11) is 0. The molecule has 3 heterocycles. The van der Waals surface area contributed by atoms with Gasteiger partial charge in [-0.25, -0.2) is 0 Å². The van der Waals surface area contributed by atoms with Crippen LogP contribution in [-0.4, -0.2) is 39.1 Å². The van der Waals surface area contributed by atoms with Crippen molar-refractivity contribution in [3.05, 3.63) is 29.0 Å². The van der Waals surface area contributed by atoms with E-state index >= 15 is 0 Å². The van der Waals surface area contributed by atoms with E-state index in [4.69, 9.17) is 0 Å². The van der Waals surface area contributed by atoms with Gasteiger partial charge >= 0.3 is 0 Å². The number of carbonyl (C=O) groups is 1. The van der Waals surface area contributed by atoms with Crippen LogP contribution >= 0.6 is 11.3 Å². The van der Waals surface area contributed by atoms with E-state index in [9.17, 15) is 4.79 Å². The first-order chi connectivity index (χ1) is 11.3. The van der Waals surface area contributed by atoms with Gasteiger partial charge in [0.15, 0.2) is 0 Å². The van der Waals surface area contributed by atoms with Gasteiger partial charge in [-0.15, -0.1) is 10.2 Å². The van der Waals surface area contributed by atoms with Gasteiger partial charge in [0.2, 0.25) is 11.0 Å². The first kappa shape index (κ1) is 16.1. The molecule has 1 aliphatic rings. The number of H-pyrrole nitrogens is 1. The van der Waals surface area contributed by atoms with Crippen LogP contribution in [0.3, 0.4) is 0 Å². The number of amides is 1. The highest BCUT2D eigenvalue weighted by Gasteiger charge is 2.28. The van der Waals surface area contributed by atoms with Crippen LogP contribution in [0.5, 0.6) is 0 Å². The molecule has 1 aliphatic heterocycles. The van der Waals surface area contributed by atoms with Crippen molar-refractivity contribution in [2.24, 2.45) is 0 Å². The van der Waals surface area contributed by atoms with E-state index in [1.165, 1.54) is 17.0 Å². The summed E-state index contributed by atoms with van der Waals surface area (Å²) in [4.78, 5) is 17.8. The van der Waals surface area contributed by atoms with Gasteiger partial charge in [-0.3, -0.25) is 15.0 Å². The molecule has 0 spiro atoms. The molecule has 124 valence electrons. The molecule has 1 fully saturated rings. The Morgan fingerprint density at radius 2 is 2.43 bits per heavy atom. The highest BCUT2D eigenvalue weighted by atomic mass is 32.1. The fraction of sp³-hybridized carbons (Fsp3) is 0.562. The van der Waals surface area contributed by atoms with Gasteiger partial charge < -0.3 is 4.98 Å². The van der Waals surface area contributed by atoms with E-state index in [1.807, 2.05) is 12.3 Å². The standard InChI is InChI=1S/C16H23N5OS/c1-2-3-8-15-19-20-16(23-15)18-14(22)11-21-10-5-7-13(21)12-6-4-9-17-12/h4,6,9,13,17H,2-3,5,7-8,10-11H2,1H3,(H,18,20,22)/t13-/m1/s1. The summed E-state index contributed by atoms with van der Waals surface area (Å²) in [6.45, 7) is 3.50. The monoisotopic (exact) mass is 333 g/mol. The Labute approximate surface area is 140 Å². The maximum absolute atomic E-state index is 12.3. The summed E-state index contributed by atoms with van der Waals surface area (Å²) in [5.74, 6) is -0.0124. The molecule has 0 bridgehead atoms. The number of aromatic amines is 1. The van der Waals surface area contributed by atoms with E-state index in [0.717, 1.165) is 43.7 Å². The molecular weight excluding hydrogens is 310 g/mol. The third-order valence-electron chi connectivity index (χ3n) is 4.15. The molecule has 2 N–H and O–H groups in total. The lowest BCUT2D eigenvalue weighted by molar-refractivity contribution is -0.117. The van der Waals surface area contributed by atoms with Crippen LogP contribution in [0.4, 0.5) is 5.13 Å². The topological polar surface area (TPSA) is 73.9 Å². The summed E-state index contributed by atoms with van der Waals surface area (Å²) in [5, 5.41) is 12.7. The van der Waals surface area contributed by atoms with Gasteiger partial charge in [-0.1, -0.05) is 24.7 Å². The molecule has 1 atom stereocenters. The molecule has 7 heteroatoms. The number of rotatable bonds is 7. The molecule has 0 aliphatic carbocycles. The van der Waals surface area contributed by atoms with E-state index < -0.39 is 0 Å². The normalized spacial score (nSPS) is 18.4. The second-order valence-electron chi connectivity index (χ2n) is 5.91. The predicted molar refractivity (Wildman–Crippen MR) is 91.5 cm³/mol. The average molecular weight is 333 g/mol. The number of unbranched alkanes of at least 4 members (excludes halogenated alkanes) is 1. The quantitative estimate of drug-likeness (QED) is 0.817. The SMILES string of the molecule is CCCCc1nnc(NC(=O)CN2CCC[C@@H]2c2ccc[nH]2)s1. The highest BCUT2D eigenvalue weighted by molar-refractivity contribution is 7.15. The van der Waals surface area contributed by atoms with Gasteiger partial charge in [0.1, 0.15) is 5.01 Å². The average Bonchev–Trinajstić information content (AvgIpc) is 3.26. The minimum absolute atomic E-state index is 0.0124. The van der Waals surface area contributed by atoms with Crippen LogP contribution in [0.1, 0.15) is 49.4 Å². The summed E-state index contributed by atoms with van der Waals surface area (Å²) < 4.78 is 0. The number of hydrogen-bond donors (Lipinski definition) is 2. The third kappa shape index (κ3) is 4.17. The van der Waals surface area contributed by atoms with E-state index in [0.29, 0.717) is 17.7 Å². The molecule has 1 amide bonds. The third-order valence-corrected chi connectivity index (χ3v) is 5.05. The number of aromatic nitrogens is 3. The molecular formula is C16H23N5OS. The van der Waals surface area contributed by atoms with E-state index in [-0.39, 0.29) is 5.91 Å². The Morgan fingerprint density at radius 3 is 3.22 bits per heavy atom. The van der Waals surface area contributed by atoms with Crippen molar-refractivity contribution in [2.75, 3.05) is 18.4 Å². The smallest absolute Gasteiger partial charge is 0.240 e. The first-order valence-corrected chi connectivity index (χ1v) is 9.07. The highest BCUT2D eigenvalue weighted by Crippen LogP contribution is 2.30. The fourth-order valence-electron chi connectivity index (χ4n) is 3.00. The van der Waals surface area contributed by atoms with Gasteiger partial charge in [-0.2, -0.15) is 0 Å². The molecule has 0 aromatic carbocycles. The van der Waals surface area contributed by atoms with Crippen LogP contribution < -0.4 is 5.32 Å². The Bertz CT molecular complexity index is 624.